The van der Waals surface area contributed by atoms with E-state index < -0.39 is 12.2 Å². The molecule has 4 atom stereocenters. The molecule has 0 amide bonds. The molecule has 2 aliphatic rings. The highest BCUT2D eigenvalue weighted by Crippen LogP contribution is 2.49. The Morgan fingerprint density at radius 1 is 1.33 bits per heavy atom. The van der Waals surface area contributed by atoms with Crippen LogP contribution in [0.25, 0.3) is 0 Å². The van der Waals surface area contributed by atoms with Gasteiger partial charge < -0.3 is 14.9 Å². The minimum atomic E-state index is -0.707. The predicted octanol–water partition coefficient (Wildman–Crippen LogP) is 2.41. The number of hydrogen-bond donors (Lipinski definition) is 2. The molecule has 3 heteroatoms. The van der Waals surface area contributed by atoms with Gasteiger partial charge in [-0.3, -0.25) is 0 Å². The van der Waals surface area contributed by atoms with Gasteiger partial charge in [0.25, 0.3) is 0 Å². The molecule has 2 N–H and O–H groups in total. The van der Waals surface area contributed by atoms with Crippen LogP contribution < -0.4 is 0 Å². The zero-order chi connectivity index (χ0) is 13.6. The van der Waals surface area contributed by atoms with Gasteiger partial charge >= 0.3 is 0 Å². The van der Waals surface area contributed by atoms with Gasteiger partial charge in [-0.15, -0.1) is 0 Å². The maximum atomic E-state index is 9.95. The summed E-state index contributed by atoms with van der Waals surface area (Å²) in [6.45, 7) is 8.39. The quantitative estimate of drug-likeness (QED) is 0.707. The maximum Gasteiger partial charge on any atom is 0.0983 e. The van der Waals surface area contributed by atoms with Crippen molar-refractivity contribution in [3.05, 3.63) is 11.6 Å². The lowest BCUT2D eigenvalue weighted by Crippen LogP contribution is -2.49. The van der Waals surface area contributed by atoms with E-state index in [2.05, 4.69) is 27.7 Å². The largest absolute Gasteiger partial charge is 0.390 e. The van der Waals surface area contributed by atoms with Crippen molar-refractivity contribution in [3.8, 4) is 0 Å². The first-order chi connectivity index (χ1) is 8.22. The van der Waals surface area contributed by atoms with E-state index in [0.717, 1.165) is 19.3 Å². The first-order valence-corrected chi connectivity index (χ1v) is 6.97. The summed E-state index contributed by atoms with van der Waals surface area (Å²) < 4.78 is 6.20. The molecule has 104 valence electrons. The van der Waals surface area contributed by atoms with Crippen LogP contribution in [-0.4, -0.2) is 34.1 Å². The first kappa shape index (κ1) is 14.0. The third-order valence-corrected chi connectivity index (χ3v) is 4.25. The Morgan fingerprint density at radius 2 is 2.00 bits per heavy atom. The zero-order valence-corrected chi connectivity index (χ0v) is 11.9. The normalized spacial score (nSPS) is 41.2. The summed E-state index contributed by atoms with van der Waals surface area (Å²) in [5.41, 5.74) is 0.974. The molecular formula is C15H26O3. The zero-order valence-electron chi connectivity index (χ0n) is 11.9. The van der Waals surface area contributed by atoms with Crippen molar-refractivity contribution < 1.29 is 14.9 Å². The summed E-state index contributed by atoms with van der Waals surface area (Å²) in [4.78, 5) is 0. The molecule has 1 saturated carbocycles. The average Bonchev–Trinajstić information content (AvgIpc) is 2.21. The Kier molecular flexibility index (Phi) is 3.60. The minimum Gasteiger partial charge on any atom is -0.390 e. The Balaban J connectivity index is 2.26. The Hall–Kier alpha value is -0.380. The number of ether oxygens (including phenoxy) is 1. The monoisotopic (exact) mass is 254 g/mol. The summed E-state index contributed by atoms with van der Waals surface area (Å²) in [7, 11) is 0. The van der Waals surface area contributed by atoms with Crippen LogP contribution >= 0.6 is 0 Å². The molecule has 4 unspecified atom stereocenters. The van der Waals surface area contributed by atoms with E-state index >= 15 is 0 Å². The van der Waals surface area contributed by atoms with Gasteiger partial charge in [-0.05, 0) is 46.5 Å². The van der Waals surface area contributed by atoms with Gasteiger partial charge in [-0.1, -0.05) is 18.6 Å². The molecular weight excluding hydrogens is 228 g/mol. The number of aliphatic hydroxyl groups excluding tert-OH is 2. The second kappa shape index (κ2) is 4.62. The van der Waals surface area contributed by atoms with E-state index in [0.29, 0.717) is 6.42 Å². The maximum absolute atomic E-state index is 9.95. The highest BCUT2D eigenvalue weighted by atomic mass is 16.5. The molecule has 2 rings (SSSR count). The molecule has 0 bridgehead atoms. The van der Waals surface area contributed by atoms with Crippen LogP contribution in [0.2, 0.25) is 0 Å². The summed E-state index contributed by atoms with van der Waals surface area (Å²) in [6, 6.07) is 0. The standard InChI is InChI=1S/C15H26O3/c1-14(2,3)18-13-7-5-6-10-8-11(16)12(17)9-15(10,13)4/h8,11-13,16-17H,5-7,9H2,1-4H3. The van der Waals surface area contributed by atoms with Crippen molar-refractivity contribution in [3.63, 3.8) is 0 Å². The number of hydrogen-bond acceptors (Lipinski definition) is 3. The first-order valence-electron chi connectivity index (χ1n) is 6.97. The van der Waals surface area contributed by atoms with Gasteiger partial charge in [-0.2, -0.15) is 0 Å². The highest BCUT2D eigenvalue weighted by molar-refractivity contribution is 5.25. The van der Waals surface area contributed by atoms with Crippen LogP contribution in [0.4, 0.5) is 0 Å². The fourth-order valence-electron chi connectivity index (χ4n) is 3.31. The Labute approximate surface area is 110 Å². The van der Waals surface area contributed by atoms with E-state index in [1.165, 1.54) is 5.57 Å². The fourth-order valence-corrected chi connectivity index (χ4v) is 3.31. The summed E-state index contributed by atoms with van der Waals surface area (Å²) >= 11 is 0. The molecule has 0 aromatic heterocycles. The van der Waals surface area contributed by atoms with E-state index in [9.17, 15) is 10.2 Å². The number of aliphatic hydroxyl groups is 2. The Bertz CT molecular complexity index is 342. The molecule has 0 spiro atoms. The smallest absolute Gasteiger partial charge is 0.0983 e. The van der Waals surface area contributed by atoms with Crippen molar-refractivity contribution in [2.45, 2.75) is 77.3 Å². The van der Waals surface area contributed by atoms with E-state index in [1.807, 2.05) is 6.08 Å². The van der Waals surface area contributed by atoms with Crippen LogP contribution in [0.1, 0.15) is 53.4 Å². The van der Waals surface area contributed by atoms with Crippen molar-refractivity contribution in [2.75, 3.05) is 0 Å². The Morgan fingerprint density at radius 3 is 2.61 bits per heavy atom. The number of fused-ring (bicyclic) bond motifs is 1. The molecule has 0 aliphatic heterocycles. The lowest BCUT2D eigenvalue weighted by molar-refractivity contribution is -0.132. The highest BCUT2D eigenvalue weighted by Gasteiger charge is 2.47. The second-order valence-corrected chi connectivity index (χ2v) is 6.98. The van der Waals surface area contributed by atoms with Crippen molar-refractivity contribution in [2.24, 2.45) is 5.41 Å². The second-order valence-electron chi connectivity index (χ2n) is 6.98. The molecule has 0 heterocycles. The lowest BCUT2D eigenvalue weighted by atomic mass is 9.63. The molecule has 1 fully saturated rings. The predicted molar refractivity (Wildman–Crippen MR) is 71.3 cm³/mol. The summed E-state index contributed by atoms with van der Waals surface area (Å²) in [5, 5.41) is 19.7. The number of rotatable bonds is 1. The van der Waals surface area contributed by atoms with Crippen molar-refractivity contribution >= 4 is 0 Å². The van der Waals surface area contributed by atoms with Crippen molar-refractivity contribution in [1.82, 2.24) is 0 Å². The topological polar surface area (TPSA) is 49.7 Å². The van der Waals surface area contributed by atoms with Gasteiger partial charge in [0.1, 0.15) is 0 Å². The van der Waals surface area contributed by atoms with Crippen molar-refractivity contribution in [1.29, 1.82) is 0 Å². The van der Waals surface area contributed by atoms with Gasteiger partial charge in [0.05, 0.1) is 23.9 Å². The van der Waals surface area contributed by atoms with Crippen LogP contribution in [0, 0.1) is 5.41 Å². The van der Waals surface area contributed by atoms with Crippen LogP contribution in [0.15, 0.2) is 11.6 Å². The van der Waals surface area contributed by atoms with E-state index in [1.54, 1.807) is 0 Å². The van der Waals surface area contributed by atoms with Gasteiger partial charge in [0.15, 0.2) is 0 Å². The molecule has 3 nitrogen and oxygen atoms in total. The molecule has 0 radical (unpaired) electrons. The van der Waals surface area contributed by atoms with Gasteiger partial charge in [0, 0.05) is 5.41 Å². The van der Waals surface area contributed by atoms with Crippen LogP contribution in [0.3, 0.4) is 0 Å². The van der Waals surface area contributed by atoms with Gasteiger partial charge in [-0.25, -0.2) is 0 Å². The third kappa shape index (κ3) is 2.63. The average molecular weight is 254 g/mol. The van der Waals surface area contributed by atoms with Crippen LogP contribution in [0.5, 0.6) is 0 Å². The SMILES string of the molecule is CC(C)(C)OC1CCCC2=CC(O)C(O)CC21C. The molecule has 18 heavy (non-hydrogen) atoms. The minimum absolute atomic E-state index is 0.121. The third-order valence-electron chi connectivity index (χ3n) is 4.25. The summed E-state index contributed by atoms with van der Waals surface area (Å²) in [5.74, 6) is 0. The van der Waals surface area contributed by atoms with E-state index in [-0.39, 0.29) is 17.1 Å². The van der Waals surface area contributed by atoms with Gasteiger partial charge in [0.2, 0.25) is 0 Å². The lowest BCUT2D eigenvalue weighted by Gasteiger charge is -2.49. The fraction of sp³-hybridized carbons (Fsp3) is 0.867. The molecule has 0 saturated heterocycles. The molecule has 0 aromatic carbocycles. The van der Waals surface area contributed by atoms with E-state index in [4.69, 9.17) is 4.74 Å². The summed E-state index contributed by atoms with van der Waals surface area (Å²) in [6.07, 6.45) is 4.38. The molecule has 2 aliphatic carbocycles. The van der Waals surface area contributed by atoms with Crippen LogP contribution in [-0.2, 0) is 4.74 Å². The molecule has 0 aromatic rings.